The molecule has 0 radical (unpaired) electrons. The summed E-state index contributed by atoms with van der Waals surface area (Å²) in [5.74, 6) is -2.38. The average Bonchev–Trinajstić information content (AvgIpc) is 2.64. The lowest BCUT2D eigenvalue weighted by Gasteiger charge is -2.22. The Kier molecular flexibility index (Phi) is 7.11. The highest BCUT2D eigenvalue weighted by atomic mass is 19.4. The molecule has 5 nitrogen and oxygen atoms in total. The SMILES string of the molecule is COCCN(CC(=O)Nc1ccccc1C(F)(F)F)C(=O)c1ccccc1F. The van der Waals surface area contributed by atoms with E-state index in [1.165, 1.54) is 37.4 Å². The van der Waals surface area contributed by atoms with Crippen molar-refractivity contribution in [1.29, 1.82) is 0 Å². The Hall–Kier alpha value is -2.94. The summed E-state index contributed by atoms with van der Waals surface area (Å²) in [6.45, 7) is -0.548. The van der Waals surface area contributed by atoms with Crippen molar-refractivity contribution in [2.75, 3.05) is 32.1 Å². The molecule has 0 unspecified atom stereocenters. The fraction of sp³-hybridized carbons (Fsp3) is 0.263. The summed E-state index contributed by atoms with van der Waals surface area (Å²) < 4.78 is 57.9. The first kappa shape index (κ1) is 21.4. The van der Waals surface area contributed by atoms with E-state index in [9.17, 15) is 27.2 Å². The van der Waals surface area contributed by atoms with Crippen LogP contribution in [0.3, 0.4) is 0 Å². The Morgan fingerprint density at radius 3 is 2.36 bits per heavy atom. The first-order chi connectivity index (χ1) is 13.2. The molecule has 150 valence electrons. The minimum atomic E-state index is -4.65. The molecule has 2 rings (SSSR count). The molecule has 2 aromatic rings. The van der Waals surface area contributed by atoms with Crippen LogP contribution < -0.4 is 5.32 Å². The van der Waals surface area contributed by atoms with Crippen molar-refractivity contribution in [1.82, 2.24) is 4.90 Å². The third-order valence-corrected chi connectivity index (χ3v) is 3.80. The van der Waals surface area contributed by atoms with E-state index in [2.05, 4.69) is 5.32 Å². The molecule has 0 aliphatic carbocycles. The van der Waals surface area contributed by atoms with Crippen LogP contribution in [0.5, 0.6) is 0 Å². The number of hydrogen-bond acceptors (Lipinski definition) is 3. The van der Waals surface area contributed by atoms with Crippen molar-refractivity contribution in [3.8, 4) is 0 Å². The van der Waals surface area contributed by atoms with Crippen LogP contribution in [0.15, 0.2) is 48.5 Å². The van der Waals surface area contributed by atoms with Crippen molar-refractivity contribution in [3.63, 3.8) is 0 Å². The lowest BCUT2D eigenvalue weighted by molar-refractivity contribution is -0.137. The van der Waals surface area contributed by atoms with Crippen LogP contribution in [0.25, 0.3) is 0 Å². The number of halogens is 4. The minimum absolute atomic E-state index is 0.0436. The molecule has 0 aliphatic heterocycles. The van der Waals surface area contributed by atoms with E-state index in [0.717, 1.165) is 23.1 Å². The number of hydrogen-bond donors (Lipinski definition) is 1. The summed E-state index contributed by atoms with van der Waals surface area (Å²) in [5.41, 5.74) is -1.68. The van der Waals surface area contributed by atoms with Crippen molar-refractivity contribution < 1.29 is 31.9 Å². The van der Waals surface area contributed by atoms with Gasteiger partial charge in [0.15, 0.2) is 0 Å². The third-order valence-electron chi connectivity index (χ3n) is 3.80. The molecule has 0 bridgehead atoms. The van der Waals surface area contributed by atoms with E-state index < -0.39 is 41.6 Å². The summed E-state index contributed by atoms with van der Waals surface area (Å²) >= 11 is 0. The number of methoxy groups -OCH3 is 1. The van der Waals surface area contributed by atoms with Crippen molar-refractivity contribution in [3.05, 3.63) is 65.5 Å². The zero-order valence-electron chi connectivity index (χ0n) is 14.9. The van der Waals surface area contributed by atoms with Gasteiger partial charge in [-0.1, -0.05) is 24.3 Å². The van der Waals surface area contributed by atoms with Gasteiger partial charge in [0.1, 0.15) is 12.4 Å². The van der Waals surface area contributed by atoms with Gasteiger partial charge in [0, 0.05) is 13.7 Å². The Labute approximate surface area is 158 Å². The average molecular weight is 398 g/mol. The standard InChI is InChI=1S/C19H18F4N2O3/c1-28-11-10-25(18(27)13-6-2-4-8-15(13)20)12-17(26)24-16-9-5-3-7-14(16)19(21,22)23/h2-9H,10-12H2,1H3,(H,24,26). The second-order valence-electron chi connectivity index (χ2n) is 5.79. The molecule has 9 heteroatoms. The van der Waals surface area contributed by atoms with Gasteiger partial charge < -0.3 is 15.0 Å². The maximum Gasteiger partial charge on any atom is 0.418 e. The monoisotopic (exact) mass is 398 g/mol. The number of nitrogens with one attached hydrogen (secondary N) is 1. The zero-order valence-corrected chi connectivity index (χ0v) is 14.9. The van der Waals surface area contributed by atoms with Crippen LogP contribution in [0.4, 0.5) is 23.2 Å². The lowest BCUT2D eigenvalue weighted by atomic mass is 10.1. The molecule has 0 atom stereocenters. The normalized spacial score (nSPS) is 11.2. The molecule has 2 aromatic carbocycles. The topological polar surface area (TPSA) is 58.6 Å². The molecule has 28 heavy (non-hydrogen) atoms. The number of nitrogens with zero attached hydrogens (tertiary/aromatic N) is 1. The second-order valence-corrected chi connectivity index (χ2v) is 5.79. The van der Waals surface area contributed by atoms with E-state index in [1.807, 2.05) is 0 Å². The van der Waals surface area contributed by atoms with Gasteiger partial charge in [0.05, 0.1) is 23.4 Å². The Morgan fingerprint density at radius 1 is 1.07 bits per heavy atom. The van der Waals surface area contributed by atoms with Crippen LogP contribution in [-0.2, 0) is 15.7 Å². The van der Waals surface area contributed by atoms with Crippen LogP contribution in [0.1, 0.15) is 15.9 Å². The largest absolute Gasteiger partial charge is 0.418 e. The van der Waals surface area contributed by atoms with Crippen molar-refractivity contribution in [2.24, 2.45) is 0 Å². The first-order valence-electron chi connectivity index (χ1n) is 8.23. The van der Waals surface area contributed by atoms with Gasteiger partial charge in [0.2, 0.25) is 5.91 Å². The smallest absolute Gasteiger partial charge is 0.383 e. The van der Waals surface area contributed by atoms with E-state index >= 15 is 0 Å². The predicted molar refractivity (Wildman–Crippen MR) is 94.3 cm³/mol. The number of rotatable bonds is 7. The van der Waals surface area contributed by atoms with Crippen molar-refractivity contribution >= 4 is 17.5 Å². The highest BCUT2D eigenvalue weighted by Crippen LogP contribution is 2.34. The molecule has 0 spiro atoms. The molecule has 0 aromatic heterocycles. The number of carbonyl (C=O) groups excluding carboxylic acids is 2. The molecular formula is C19H18F4N2O3. The number of amides is 2. The Bertz CT molecular complexity index is 840. The summed E-state index contributed by atoms with van der Waals surface area (Å²) in [6, 6.07) is 9.72. The van der Waals surface area contributed by atoms with E-state index in [0.29, 0.717) is 0 Å². The molecule has 2 amide bonds. The van der Waals surface area contributed by atoms with Gasteiger partial charge in [-0.15, -0.1) is 0 Å². The molecule has 1 N–H and O–H groups in total. The maximum atomic E-state index is 13.9. The fourth-order valence-electron chi connectivity index (χ4n) is 2.46. The second kappa shape index (κ2) is 9.32. The van der Waals surface area contributed by atoms with Crippen LogP contribution in [-0.4, -0.2) is 43.5 Å². The number of anilines is 1. The number of para-hydroxylation sites is 1. The number of ether oxygens (including phenoxy) is 1. The summed E-state index contributed by atoms with van der Waals surface area (Å²) in [5, 5.41) is 2.16. The van der Waals surface area contributed by atoms with Gasteiger partial charge >= 0.3 is 6.18 Å². The van der Waals surface area contributed by atoms with Crippen molar-refractivity contribution in [2.45, 2.75) is 6.18 Å². The van der Waals surface area contributed by atoms with Gasteiger partial charge in [-0.2, -0.15) is 13.2 Å². The highest BCUT2D eigenvalue weighted by Gasteiger charge is 2.33. The highest BCUT2D eigenvalue weighted by molar-refractivity contribution is 5.99. The number of alkyl halides is 3. The quantitative estimate of drug-likeness (QED) is 0.726. The molecule has 0 heterocycles. The molecule has 0 saturated heterocycles. The molecule has 0 saturated carbocycles. The van der Waals surface area contributed by atoms with Crippen LogP contribution in [0.2, 0.25) is 0 Å². The third kappa shape index (κ3) is 5.53. The molecular weight excluding hydrogens is 380 g/mol. The lowest BCUT2D eigenvalue weighted by Crippen LogP contribution is -2.40. The predicted octanol–water partition coefficient (Wildman–Crippen LogP) is 3.57. The minimum Gasteiger partial charge on any atom is -0.383 e. The summed E-state index contributed by atoms with van der Waals surface area (Å²) in [6.07, 6.45) is -4.65. The van der Waals surface area contributed by atoms with E-state index in [4.69, 9.17) is 4.74 Å². The maximum absolute atomic E-state index is 13.9. The van der Waals surface area contributed by atoms with Gasteiger partial charge in [-0.25, -0.2) is 4.39 Å². The Balaban J connectivity index is 2.18. The van der Waals surface area contributed by atoms with Crippen LogP contribution in [0, 0.1) is 5.82 Å². The van der Waals surface area contributed by atoms with Gasteiger partial charge in [-0.3, -0.25) is 9.59 Å². The summed E-state index contributed by atoms with van der Waals surface area (Å²) in [7, 11) is 1.38. The molecule has 0 aliphatic rings. The Morgan fingerprint density at radius 2 is 1.71 bits per heavy atom. The number of benzene rings is 2. The number of carbonyl (C=O) groups is 2. The first-order valence-corrected chi connectivity index (χ1v) is 8.23. The van der Waals surface area contributed by atoms with Gasteiger partial charge in [-0.05, 0) is 24.3 Å². The summed E-state index contributed by atoms with van der Waals surface area (Å²) in [4.78, 5) is 25.8. The molecule has 0 fully saturated rings. The van der Waals surface area contributed by atoms with E-state index in [1.54, 1.807) is 0 Å². The fourth-order valence-corrected chi connectivity index (χ4v) is 2.46. The zero-order chi connectivity index (χ0) is 20.7. The van der Waals surface area contributed by atoms with E-state index in [-0.39, 0.29) is 18.7 Å². The van der Waals surface area contributed by atoms with Gasteiger partial charge in [0.25, 0.3) is 5.91 Å². The van der Waals surface area contributed by atoms with Crippen LogP contribution >= 0.6 is 0 Å².